The third-order valence-corrected chi connectivity index (χ3v) is 3.21. The van der Waals surface area contributed by atoms with Crippen LogP contribution >= 0.6 is 0 Å². The normalized spacial score (nSPS) is 19.5. The van der Waals surface area contributed by atoms with Crippen LogP contribution in [0.2, 0.25) is 0 Å². The van der Waals surface area contributed by atoms with Gasteiger partial charge in [-0.15, -0.1) is 0 Å². The number of aromatic nitrogens is 2. The van der Waals surface area contributed by atoms with Gasteiger partial charge in [-0.25, -0.2) is 4.52 Å². The average Bonchev–Trinajstić information content (AvgIpc) is 2.58. The lowest BCUT2D eigenvalue weighted by Gasteiger charge is -2.37. The van der Waals surface area contributed by atoms with Crippen LogP contribution in [0.3, 0.4) is 0 Å². The molecule has 1 fully saturated rings. The smallest absolute Gasteiger partial charge is 0.0712 e. The number of hydrogen-bond acceptors (Lipinski definition) is 2. The summed E-state index contributed by atoms with van der Waals surface area (Å²) in [6.07, 6.45) is 7.28. The molecule has 0 atom stereocenters. The van der Waals surface area contributed by atoms with Gasteiger partial charge >= 0.3 is 0 Å². The Morgan fingerprint density at radius 2 is 2.21 bits per heavy atom. The molecule has 1 saturated carbocycles. The number of nitrogens with zero attached hydrogens (tertiary/aromatic N) is 2. The molecule has 0 unspecified atom stereocenters. The maximum atomic E-state index is 6.28. The van der Waals surface area contributed by atoms with Crippen molar-refractivity contribution in [3.05, 3.63) is 36.2 Å². The molecule has 72 valence electrons. The molecule has 3 rings (SSSR count). The zero-order valence-corrected chi connectivity index (χ0v) is 7.98. The summed E-state index contributed by atoms with van der Waals surface area (Å²) in [7, 11) is 0. The topological polar surface area (TPSA) is 43.3 Å². The minimum atomic E-state index is -0.108. The van der Waals surface area contributed by atoms with Gasteiger partial charge in [0.15, 0.2) is 0 Å². The molecule has 3 heteroatoms. The van der Waals surface area contributed by atoms with E-state index in [1.54, 1.807) is 0 Å². The number of nitrogens with two attached hydrogens (primary N) is 1. The first-order valence-corrected chi connectivity index (χ1v) is 5.01. The van der Waals surface area contributed by atoms with Crippen LogP contribution in [-0.4, -0.2) is 9.61 Å². The molecular formula is C11H13N3. The fourth-order valence-corrected chi connectivity index (χ4v) is 2.15. The lowest BCUT2D eigenvalue weighted by atomic mass is 9.73. The Labute approximate surface area is 82.5 Å². The SMILES string of the molecule is NC1(c2cnn3ccccc23)CCC1. The summed E-state index contributed by atoms with van der Waals surface area (Å²) in [6.45, 7) is 0. The van der Waals surface area contributed by atoms with E-state index in [9.17, 15) is 0 Å². The van der Waals surface area contributed by atoms with Gasteiger partial charge in [0.25, 0.3) is 0 Å². The number of pyridine rings is 1. The van der Waals surface area contributed by atoms with Crippen molar-refractivity contribution >= 4 is 5.52 Å². The van der Waals surface area contributed by atoms with Crippen LogP contribution in [-0.2, 0) is 5.54 Å². The van der Waals surface area contributed by atoms with Gasteiger partial charge in [0.05, 0.1) is 11.7 Å². The Kier molecular flexibility index (Phi) is 1.47. The molecule has 0 radical (unpaired) electrons. The van der Waals surface area contributed by atoms with Gasteiger partial charge in [-0.1, -0.05) is 6.07 Å². The fraction of sp³-hybridized carbons (Fsp3) is 0.364. The Morgan fingerprint density at radius 3 is 2.93 bits per heavy atom. The highest BCUT2D eigenvalue weighted by Gasteiger charge is 2.36. The van der Waals surface area contributed by atoms with Crippen LogP contribution in [0.1, 0.15) is 24.8 Å². The van der Waals surface area contributed by atoms with Gasteiger partial charge < -0.3 is 5.73 Å². The van der Waals surface area contributed by atoms with E-state index in [0.29, 0.717) is 0 Å². The van der Waals surface area contributed by atoms with Crippen LogP contribution in [0, 0.1) is 0 Å². The van der Waals surface area contributed by atoms with Gasteiger partial charge in [-0.3, -0.25) is 0 Å². The molecule has 0 aromatic carbocycles. The summed E-state index contributed by atoms with van der Waals surface area (Å²) in [5.41, 5.74) is 8.52. The van der Waals surface area contributed by atoms with Gasteiger partial charge in [0.2, 0.25) is 0 Å². The van der Waals surface area contributed by atoms with Crippen LogP contribution in [0.4, 0.5) is 0 Å². The van der Waals surface area contributed by atoms with Crippen molar-refractivity contribution in [3.63, 3.8) is 0 Å². The zero-order chi connectivity index (χ0) is 9.60. The van der Waals surface area contributed by atoms with Crippen LogP contribution in [0.5, 0.6) is 0 Å². The van der Waals surface area contributed by atoms with Crippen molar-refractivity contribution in [2.45, 2.75) is 24.8 Å². The Bertz CT molecular complexity index is 468. The summed E-state index contributed by atoms with van der Waals surface area (Å²) < 4.78 is 1.89. The minimum Gasteiger partial charge on any atom is -0.321 e. The zero-order valence-electron chi connectivity index (χ0n) is 7.98. The van der Waals surface area contributed by atoms with Gasteiger partial charge in [-0.05, 0) is 31.4 Å². The molecule has 2 heterocycles. The third kappa shape index (κ3) is 0.930. The molecule has 2 N–H and O–H groups in total. The van der Waals surface area contributed by atoms with Crippen molar-refractivity contribution in [2.24, 2.45) is 5.73 Å². The van der Waals surface area contributed by atoms with Crippen molar-refractivity contribution < 1.29 is 0 Å². The van der Waals surface area contributed by atoms with Gasteiger partial charge in [0.1, 0.15) is 0 Å². The monoisotopic (exact) mass is 187 g/mol. The maximum absolute atomic E-state index is 6.28. The molecule has 2 aromatic heterocycles. The Balaban J connectivity index is 2.22. The first-order valence-electron chi connectivity index (χ1n) is 5.01. The second-order valence-corrected chi connectivity index (χ2v) is 4.10. The minimum absolute atomic E-state index is 0.108. The van der Waals surface area contributed by atoms with Crippen molar-refractivity contribution in [3.8, 4) is 0 Å². The molecule has 2 aromatic rings. The number of hydrogen-bond donors (Lipinski definition) is 1. The molecule has 0 saturated heterocycles. The van der Waals surface area contributed by atoms with E-state index in [1.807, 2.05) is 29.0 Å². The van der Waals surface area contributed by atoms with Crippen molar-refractivity contribution in [1.29, 1.82) is 0 Å². The summed E-state index contributed by atoms with van der Waals surface area (Å²) in [4.78, 5) is 0. The second kappa shape index (κ2) is 2.58. The predicted molar refractivity (Wildman–Crippen MR) is 54.9 cm³/mol. The van der Waals surface area contributed by atoms with E-state index >= 15 is 0 Å². The van der Waals surface area contributed by atoms with E-state index < -0.39 is 0 Å². The largest absolute Gasteiger partial charge is 0.321 e. The van der Waals surface area contributed by atoms with Crippen LogP contribution in [0.15, 0.2) is 30.6 Å². The molecular weight excluding hydrogens is 174 g/mol. The first kappa shape index (κ1) is 8.00. The average molecular weight is 187 g/mol. The van der Waals surface area contributed by atoms with E-state index in [0.717, 1.165) is 18.4 Å². The quantitative estimate of drug-likeness (QED) is 0.738. The highest BCUT2D eigenvalue weighted by Crippen LogP contribution is 2.40. The van der Waals surface area contributed by atoms with Crippen LogP contribution in [0.25, 0.3) is 5.52 Å². The third-order valence-electron chi connectivity index (χ3n) is 3.21. The fourth-order valence-electron chi connectivity index (χ4n) is 2.15. The summed E-state index contributed by atoms with van der Waals surface area (Å²) >= 11 is 0. The van der Waals surface area contributed by atoms with E-state index in [2.05, 4.69) is 11.2 Å². The van der Waals surface area contributed by atoms with Crippen molar-refractivity contribution in [1.82, 2.24) is 9.61 Å². The lowest BCUT2D eigenvalue weighted by Crippen LogP contribution is -2.43. The number of rotatable bonds is 1. The molecule has 1 aliphatic carbocycles. The molecule has 0 spiro atoms. The summed E-state index contributed by atoms with van der Waals surface area (Å²) in [5.74, 6) is 0. The molecule has 1 aliphatic rings. The number of fused-ring (bicyclic) bond motifs is 1. The summed E-state index contributed by atoms with van der Waals surface area (Å²) in [6, 6.07) is 6.09. The van der Waals surface area contributed by atoms with Crippen LogP contribution < -0.4 is 5.73 Å². The van der Waals surface area contributed by atoms with E-state index in [4.69, 9.17) is 5.73 Å². The highest BCUT2D eigenvalue weighted by molar-refractivity contribution is 5.57. The van der Waals surface area contributed by atoms with E-state index in [1.165, 1.54) is 12.0 Å². The Hall–Kier alpha value is -1.35. The molecule has 0 aliphatic heterocycles. The molecule has 0 amide bonds. The first-order chi connectivity index (χ1) is 6.80. The second-order valence-electron chi connectivity index (χ2n) is 4.10. The molecule has 3 nitrogen and oxygen atoms in total. The Morgan fingerprint density at radius 1 is 1.36 bits per heavy atom. The lowest BCUT2D eigenvalue weighted by molar-refractivity contribution is 0.256. The summed E-state index contributed by atoms with van der Waals surface area (Å²) in [5, 5.41) is 4.30. The van der Waals surface area contributed by atoms with Gasteiger partial charge in [-0.2, -0.15) is 5.10 Å². The predicted octanol–water partition coefficient (Wildman–Crippen LogP) is 1.67. The van der Waals surface area contributed by atoms with Crippen molar-refractivity contribution in [2.75, 3.05) is 0 Å². The maximum Gasteiger partial charge on any atom is 0.0712 e. The molecule has 0 bridgehead atoms. The van der Waals surface area contributed by atoms with E-state index in [-0.39, 0.29) is 5.54 Å². The highest BCUT2D eigenvalue weighted by atomic mass is 15.2. The molecule has 14 heavy (non-hydrogen) atoms. The van der Waals surface area contributed by atoms with Gasteiger partial charge in [0, 0.05) is 17.3 Å². The standard InChI is InChI=1S/C11H13N3/c12-11(5-3-6-11)9-8-13-14-7-2-1-4-10(9)14/h1-2,4,7-8H,3,5-6,12H2.